The Hall–Kier alpha value is -1.87. The Kier molecular flexibility index (Phi) is 3.51. The second kappa shape index (κ2) is 5.28. The molecule has 3 heteroatoms. The summed E-state index contributed by atoms with van der Waals surface area (Å²) in [6.07, 6.45) is 3.53. The van der Waals surface area contributed by atoms with Crippen LogP contribution in [0.15, 0.2) is 48.8 Å². The minimum Gasteiger partial charge on any atom is -0.399 e. The molecule has 0 bridgehead atoms. The molecule has 0 atom stereocenters. The third-order valence-electron chi connectivity index (χ3n) is 2.27. The Morgan fingerprint density at radius 1 is 0.875 bits per heavy atom. The summed E-state index contributed by atoms with van der Waals surface area (Å²) in [6.45, 7) is 1.20. The molecule has 0 fully saturated rings. The van der Waals surface area contributed by atoms with Gasteiger partial charge in [-0.15, -0.1) is 0 Å². The van der Waals surface area contributed by atoms with Gasteiger partial charge in [0.1, 0.15) is 0 Å². The number of nitrogens with zero attached hydrogens (tertiary/aromatic N) is 1. The molecule has 3 nitrogen and oxygen atoms in total. The Morgan fingerprint density at radius 2 is 1.44 bits per heavy atom. The maximum Gasteiger partial charge on any atom is 0.0722 e. The number of benzene rings is 1. The number of hydrogen-bond acceptors (Lipinski definition) is 3. The maximum atomic E-state index is 5.60. The molecular formula is C13H14N2O. The third kappa shape index (κ3) is 3.07. The summed E-state index contributed by atoms with van der Waals surface area (Å²) in [6, 6.07) is 11.6. The van der Waals surface area contributed by atoms with Gasteiger partial charge in [-0.25, -0.2) is 0 Å². The van der Waals surface area contributed by atoms with Crippen molar-refractivity contribution in [3.05, 3.63) is 59.9 Å². The van der Waals surface area contributed by atoms with Crippen molar-refractivity contribution in [1.29, 1.82) is 0 Å². The Balaban J connectivity index is 1.82. The van der Waals surface area contributed by atoms with Gasteiger partial charge in [-0.3, -0.25) is 4.98 Å². The van der Waals surface area contributed by atoms with Gasteiger partial charge in [-0.05, 0) is 35.4 Å². The van der Waals surface area contributed by atoms with Crippen LogP contribution in [0.3, 0.4) is 0 Å². The zero-order valence-corrected chi connectivity index (χ0v) is 8.97. The zero-order chi connectivity index (χ0) is 11.2. The maximum absolute atomic E-state index is 5.60. The van der Waals surface area contributed by atoms with E-state index in [2.05, 4.69) is 4.98 Å². The van der Waals surface area contributed by atoms with Gasteiger partial charge in [0.05, 0.1) is 13.2 Å². The highest BCUT2D eigenvalue weighted by molar-refractivity contribution is 5.39. The van der Waals surface area contributed by atoms with Crippen LogP contribution in [-0.4, -0.2) is 4.98 Å². The van der Waals surface area contributed by atoms with Crippen LogP contribution in [0.1, 0.15) is 11.1 Å². The van der Waals surface area contributed by atoms with E-state index in [1.807, 2.05) is 36.4 Å². The summed E-state index contributed by atoms with van der Waals surface area (Å²) in [5.41, 5.74) is 8.63. The van der Waals surface area contributed by atoms with Crippen molar-refractivity contribution in [2.75, 3.05) is 5.73 Å². The monoisotopic (exact) mass is 214 g/mol. The van der Waals surface area contributed by atoms with Crippen molar-refractivity contribution in [2.45, 2.75) is 13.2 Å². The lowest BCUT2D eigenvalue weighted by Crippen LogP contribution is -1.94. The molecule has 0 radical (unpaired) electrons. The van der Waals surface area contributed by atoms with E-state index in [1.54, 1.807) is 12.4 Å². The van der Waals surface area contributed by atoms with Gasteiger partial charge in [-0.2, -0.15) is 0 Å². The predicted octanol–water partition coefficient (Wildman–Crippen LogP) is 2.38. The first-order valence-corrected chi connectivity index (χ1v) is 5.15. The number of nitrogen functional groups attached to an aromatic ring is 1. The highest BCUT2D eigenvalue weighted by atomic mass is 16.5. The van der Waals surface area contributed by atoms with Crippen LogP contribution in [-0.2, 0) is 18.0 Å². The fourth-order valence-corrected chi connectivity index (χ4v) is 1.38. The number of hydrogen-bond donors (Lipinski definition) is 1. The van der Waals surface area contributed by atoms with Crippen LogP contribution in [0.4, 0.5) is 5.69 Å². The molecule has 0 aliphatic rings. The van der Waals surface area contributed by atoms with Crippen LogP contribution in [0.5, 0.6) is 0 Å². The van der Waals surface area contributed by atoms with E-state index in [0.717, 1.165) is 16.8 Å². The first-order chi connectivity index (χ1) is 7.84. The van der Waals surface area contributed by atoms with Crippen molar-refractivity contribution in [3.63, 3.8) is 0 Å². The largest absolute Gasteiger partial charge is 0.399 e. The summed E-state index contributed by atoms with van der Waals surface area (Å²) < 4.78 is 5.58. The fraction of sp³-hybridized carbons (Fsp3) is 0.154. The molecule has 0 unspecified atom stereocenters. The lowest BCUT2D eigenvalue weighted by molar-refractivity contribution is 0.107. The summed E-state index contributed by atoms with van der Waals surface area (Å²) in [5.74, 6) is 0. The van der Waals surface area contributed by atoms with Gasteiger partial charge in [0, 0.05) is 18.1 Å². The molecule has 0 saturated heterocycles. The van der Waals surface area contributed by atoms with E-state index in [1.165, 1.54) is 0 Å². The summed E-state index contributed by atoms with van der Waals surface area (Å²) in [4.78, 5) is 3.95. The van der Waals surface area contributed by atoms with Crippen molar-refractivity contribution < 1.29 is 4.74 Å². The number of nitrogens with two attached hydrogens (primary N) is 1. The number of rotatable bonds is 4. The topological polar surface area (TPSA) is 48.1 Å². The van der Waals surface area contributed by atoms with Gasteiger partial charge < -0.3 is 10.5 Å². The Morgan fingerprint density at radius 3 is 2.06 bits per heavy atom. The molecule has 1 heterocycles. The molecule has 0 aliphatic heterocycles. The second-order valence-electron chi connectivity index (χ2n) is 3.59. The van der Waals surface area contributed by atoms with E-state index in [4.69, 9.17) is 10.5 Å². The van der Waals surface area contributed by atoms with Gasteiger partial charge in [-0.1, -0.05) is 12.1 Å². The fourth-order valence-electron chi connectivity index (χ4n) is 1.38. The number of pyridine rings is 1. The van der Waals surface area contributed by atoms with E-state index in [9.17, 15) is 0 Å². The molecule has 0 spiro atoms. The zero-order valence-electron chi connectivity index (χ0n) is 8.97. The van der Waals surface area contributed by atoms with Crippen molar-refractivity contribution in [3.8, 4) is 0 Å². The van der Waals surface area contributed by atoms with Crippen molar-refractivity contribution >= 4 is 5.69 Å². The van der Waals surface area contributed by atoms with Crippen LogP contribution in [0.2, 0.25) is 0 Å². The summed E-state index contributed by atoms with van der Waals surface area (Å²) >= 11 is 0. The summed E-state index contributed by atoms with van der Waals surface area (Å²) in [5, 5.41) is 0. The standard InChI is InChI=1S/C13H14N2O/c14-13-3-1-11(2-4-13)9-16-10-12-5-7-15-8-6-12/h1-8H,9-10,14H2. The number of ether oxygens (including phenoxy) is 1. The molecule has 0 aliphatic carbocycles. The second-order valence-corrected chi connectivity index (χ2v) is 3.59. The van der Waals surface area contributed by atoms with Crippen LogP contribution in [0.25, 0.3) is 0 Å². The van der Waals surface area contributed by atoms with Crippen molar-refractivity contribution in [2.24, 2.45) is 0 Å². The lowest BCUT2D eigenvalue weighted by Gasteiger charge is -2.04. The first kappa shape index (κ1) is 10.6. The molecule has 16 heavy (non-hydrogen) atoms. The molecule has 1 aromatic carbocycles. The van der Waals surface area contributed by atoms with Crippen LogP contribution >= 0.6 is 0 Å². The molecule has 0 saturated carbocycles. The van der Waals surface area contributed by atoms with E-state index in [0.29, 0.717) is 13.2 Å². The third-order valence-corrected chi connectivity index (χ3v) is 2.27. The smallest absolute Gasteiger partial charge is 0.0722 e. The van der Waals surface area contributed by atoms with E-state index < -0.39 is 0 Å². The minimum atomic E-state index is 0.600. The molecule has 0 amide bonds. The normalized spacial score (nSPS) is 10.2. The van der Waals surface area contributed by atoms with Crippen LogP contribution in [0, 0.1) is 0 Å². The molecule has 2 rings (SSSR count). The SMILES string of the molecule is Nc1ccc(COCc2ccncc2)cc1. The Labute approximate surface area is 94.9 Å². The van der Waals surface area contributed by atoms with Gasteiger partial charge in [0.15, 0.2) is 0 Å². The molecule has 2 aromatic rings. The number of aromatic nitrogens is 1. The van der Waals surface area contributed by atoms with Gasteiger partial charge >= 0.3 is 0 Å². The first-order valence-electron chi connectivity index (χ1n) is 5.15. The van der Waals surface area contributed by atoms with Gasteiger partial charge in [0.2, 0.25) is 0 Å². The predicted molar refractivity (Wildman–Crippen MR) is 63.6 cm³/mol. The highest BCUT2D eigenvalue weighted by Gasteiger charge is 1.94. The average molecular weight is 214 g/mol. The molecular weight excluding hydrogens is 200 g/mol. The summed E-state index contributed by atoms with van der Waals surface area (Å²) in [7, 11) is 0. The van der Waals surface area contributed by atoms with Crippen molar-refractivity contribution in [1.82, 2.24) is 4.98 Å². The quantitative estimate of drug-likeness (QED) is 0.795. The van der Waals surface area contributed by atoms with E-state index >= 15 is 0 Å². The molecule has 1 aromatic heterocycles. The number of anilines is 1. The minimum absolute atomic E-state index is 0.600. The molecule has 2 N–H and O–H groups in total. The molecule has 82 valence electrons. The average Bonchev–Trinajstić information content (AvgIpc) is 2.33. The van der Waals surface area contributed by atoms with Crippen LogP contribution < -0.4 is 5.73 Å². The highest BCUT2D eigenvalue weighted by Crippen LogP contribution is 2.08. The van der Waals surface area contributed by atoms with Gasteiger partial charge in [0.25, 0.3) is 0 Å². The Bertz CT molecular complexity index is 425. The van der Waals surface area contributed by atoms with E-state index in [-0.39, 0.29) is 0 Å². The lowest BCUT2D eigenvalue weighted by atomic mass is 10.2.